The van der Waals surface area contributed by atoms with Crippen LogP contribution >= 0.6 is 0 Å². The van der Waals surface area contributed by atoms with Crippen LogP contribution in [0.15, 0.2) is 36.4 Å². The van der Waals surface area contributed by atoms with Gasteiger partial charge in [0.05, 0.1) is 7.11 Å². The van der Waals surface area contributed by atoms with E-state index in [1.165, 1.54) is 7.11 Å². The number of anilines is 1. The van der Waals surface area contributed by atoms with Crippen LogP contribution in [0.5, 0.6) is 5.75 Å². The summed E-state index contributed by atoms with van der Waals surface area (Å²) in [7, 11) is 1.46. The Morgan fingerprint density at radius 2 is 1.94 bits per heavy atom. The fourth-order valence-corrected chi connectivity index (χ4v) is 1.84. The van der Waals surface area contributed by atoms with Crippen molar-refractivity contribution in [1.82, 2.24) is 0 Å². The molecule has 2 N–H and O–H groups in total. The van der Waals surface area contributed by atoms with Crippen LogP contribution in [0.2, 0.25) is 0 Å². The van der Waals surface area contributed by atoms with Gasteiger partial charge in [0.2, 0.25) is 0 Å². The van der Waals surface area contributed by atoms with E-state index in [-0.39, 0.29) is 11.6 Å². The Balaban J connectivity index is 2.57. The van der Waals surface area contributed by atoms with Crippen molar-refractivity contribution in [3.05, 3.63) is 47.8 Å². The molecule has 88 valence electrons. The van der Waals surface area contributed by atoms with E-state index in [0.29, 0.717) is 11.3 Å². The van der Waals surface area contributed by atoms with E-state index < -0.39 is 0 Å². The molecule has 0 heterocycles. The van der Waals surface area contributed by atoms with Crippen LogP contribution in [0.25, 0.3) is 11.1 Å². The van der Waals surface area contributed by atoms with Crippen LogP contribution < -0.4 is 10.5 Å². The number of rotatable bonds is 2. The van der Waals surface area contributed by atoms with Gasteiger partial charge < -0.3 is 10.5 Å². The first-order valence-electron chi connectivity index (χ1n) is 5.32. The summed E-state index contributed by atoms with van der Waals surface area (Å²) < 4.78 is 18.8. The van der Waals surface area contributed by atoms with Gasteiger partial charge in [0.15, 0.2) is 11.6 Å². The zero-order valence-electron chi connectivity index (χ0n) is 9.83. The van der Waals surface area contributed by atoms with E-state index in [9.17, 15) is 4.39 Å². The molecule has 0 amide bonds. The molecular weight excluding hydrogens is 217 g/mol. The molecule has 2 nitrogen and oxygen atoms in total. The lowest BCUT2D eigenvalue weighted by atomic mass is 9.99. The second-order valence-corrected chi connectivity index (χ2v) is 3.88. The Hall–Kier alpha value is -2.03. The van der Waals surface area contributed by atoms with Crippen LogP contribution in [0.4, 0.5) is 10.1 Å². The van der Waals surface area contributed by atoms with Crippen molar-refractivity contribution in [3.63, 3.8) is 0 Å². The topological polar surface area (TPSA) is 35.2 Å². The van der Waals surface area contributed by atoms with Gasteiger partial charge in [-0.25, -0.2) is 4.39 Å². The van der Waals surface area contributed by atoms with Crippen LogP contribution in [-0.4, -0.2) is 7.11 Å². The molecule has 0 radical (unpaired) electrons. The predicted octanol–water partition coefficient (Wildman–Crippen LogP) is 3.39. The Bertz CT molecular complexity index is 552. The van der Waals surface area contributed by atoms with Gasteiger partial charge in [0, 0.05) is 5.69 Å². The van der Waals surface area contributed by atoms with Gasteiger partial charge in [0.1, 0.15) is 0 Å². The Morgan fingerprint density at radius 3 is 2.59 bits per heavy atom. The summed E-state index contributed by atoms with van der Waals surface area (Å²) in [6.07, 6.45) is 0. The molecule has 0 aliphatic rings. The molecule has 17 heavy (non-hydrogen) atoms. The van der Waals surface area contributed by atoms with Gasteiger partial charge >= 0.3 is 0 Å². The van der Waals surface area contributed by atoms with Crippen LogP contribution in [0.3, 0.4) is 0 Å². The quantitative estimate of drug-likeness (QED) is 0.804. The standard InChI is InChI=1S/C14H14FNO/c1-9-12(6-7-13(17-2)14(9)15)10-4-3-5-11(16)8-10/h3-8H,16H2,1-2H3. The van der Waals surface area contributed by atoms with Gasteiger partial charge in [-0.15, -0.1) is 0 Å². The monoisotopic (exact) mass is 231 g/mol. The number of ether oxygens (including phenoxy) is 1. The Kier molecular flexibility index (Phi) is 3.00. The molecule has 0 unspecified atom stereocenters. The van der Waals surface area contributed by atoms with Gasteiger partial charge in [0.25, 0.3) is 0 Å². The average Bonchev–Trinajstić information content (AvgIpc) is 2.32. The highest BCUT2D eigenvalue weighted by molar-refractivity contribution is 5.71. The molecule has 0 bridgehead atoms. The molecule has 0 atom stereocenters. The van der Waals surface area contributed by atoms with Gasteiger partial charge in [-0.3, -0.25) is 0 Å². The van der Waals surface area contributed by atoms with Crippen molar-refractivity contribution in [3.8, 4) is 16.9 Å². The smallest absolute Gasteiger partial charge is 0.168 e. The van der Waals surface area contributed by atoms with Gasteiger partial charge in [-0.05, 0) is 41.8 Å². The summed E-state index contributed by atoms with van der Waals surface area (Å²) in [5, 5.41) is 0. The number of nitrogens with two attached hydrogens (primary N) is 1. The average molecular weight is 231 g/mol. The first-order valence-corrected chi connectivity index (χ1v) is 5.32. The van der Waals surface area contributed by atoms with Crippen molar-refractivity contribution in [2.24, 2.45) is 0 Å². The minimum Gasteiger partial charge on any atom is -0.494 e. The molecule has 0 aliphatic carbocycles. The summed E-state index contributed by atoms with van der Waals surface area (Å²) in [5.74, 6) is -0.0671. The van der Waals surface area contributed by atoms with Crippen LogP contribution in [0, 0.1) is 12.7 Å². The third-order valence-corrected chi connectivity index (χ3v) is 2.77. The highest BCUT2D eigenvalue weighted by Gasteiger charge is 2.11. The molecule has 0 saturated heterocycles. The molecule has 2 aromatic rings. The number of benzene rings is 2. The van der Waals surface area contributed by atoms with E-state index in [0.717, 1.165) is 11.1 Å². The lowest BCUT2D eigenvalue weighted by molar-refractivity contribution is 0.385. The summed E-state index contributed by atoms with van der Waals surface area (Å²) in [6.45, 7) is 1.73. The first kappa shape index (κ1) is 11.5. The Morgan fingerprint density at radius 1 is 1.18 bits per heavy atom. The molecular formula is C14H14FNO. The van der Waals surface area contributed by atoms with E-state index in [2.05, 4.69) is 0 Å². The number of hydrogen-bond acceptors (Lipinski definition) is 2. The van der Waals surface area contributed by atoms with Gasteiger partial charge in [-0.1, -0.05) is 18.2 Å². The second kappa shape index (κ2) is 4.45. The molecule has 0 aromatic heterocycles. The summed E-state index contributed by atoms with van der Waals surface area (Å²) in [4.78, 5) is 0. The maximum absolute atomic E-state index is 13.9. The predicted molar refractivity (Wildman–Crippen MR) is 67.5 cm³/mol. The summed E-state index contributed by atoms with van der Waals surface area (Å²) in [6, 6.07) is 10.9. The summed E-state index contributed by atoms with van der Waals surface area (Å²) in [5.41, 5.74) is 8.69. The minimum absolute atomic E-state index is 0.259. The molecule has 2 rings (SSSR count). The largest absolute Gasteiger partial charge is 0.494 e. The lowest BCUT2D eigenvalue weighted by Crippen LogP contribution is -1.94. The van der Waals surface area contributed by atoms with Crippen molar-refractivity contribution >= 4 is 5.69 Å². The third kappa shape index (κ3) is 2.09. The second-order valence-electron chi connectivity index (χ2n) is 3.88. The van der Waals surface area contributed by atoms with Crippen molar-refractivity contribution in [2.45, 2.75) is 6.92 Å². The normalized spacial score (nSPS) is 10.3. The van der Waals surface area contributed by atoms with Crippen molar-refractivity contribution in [2.75, 3.05) is 12.8 Å². The Labute approximate surface area is 99.8 Å². The molecule has 2 aromatic carbocycles. The number of hydrogen-bond donors (Lipinski definition) is 1. The first-order chi connectivity index (χ1) is 8.13. The van der Waals surface area contributed by atoms with E-state index in [1.54, 1.807) is 19.1 Å². The van der Waals surface area contributed by atoms with Gasteiger partial charge in [-0.2, -0.15) is 0 Å². The van der Waals surface area contributed by atoms with E-state index >= 15 is 0 Å². The highest BCUT2D eigenvalue weighted by Crippen LogP contribution is 2.30. The number of nitrogen functional groups attached to an aromatic ring is 1. The van der Waals surface area contributed by atoms with E-state index in [1.807, 2.05) is 24.3 Å². The SMILES string of the molecule is COc1ccc(-c2cccc(N)c2)c(C)c1F. The lowest BCUT2D eigenvalue weighted by Gasteiger charge is -2.10. The maximum Gasteiger partial charge on any atom is 0.168 e. The maximum atomic E-state index is 13.9. The number of methoxy groups -OCH3 is 1. The van der Waals surface area contributed by atoms with Crippen molar-refractivity contribution in [1.29, 1.82) is 0 Å². The summed E-state index contributed by atoms with van der Waals surface area (Å²) >= 11 is 0. The molecule has 0 fully saturated rings. The van der Waals surface area contributed by atoms with E-state index in [4.69, 9.17) is 10.5 Å². The fraction of sp³-hybridized carbons (Fsp3) is 0.143. The van der Waals surface area contributed by atoms with Crippen LogP contribution in [0.1, 0.15) is 5.56 Å². The minimum atomic E-state index is -0.326. The molecule has 0 saturated carbocycles. The molecule has 0 aliphatic heterocycles. The molecule has 0 spiro atoms. The molecule has 3 heteroatoms. The third-order valence-electron chi connectivity index (χ3n) is 2.77. The zero-order valence-corrected chi connectivity index (χ0v) is 9.83. The van der Waals surface area contributed by atoms with Crippen LogP contribution in [-0.2, 0) is 0 Å². The zero-order chi connectivity index (χ0) is 12.4. The number of halogens is 1. The highest BCUT2D eigenvalue weighted by atomic mass is 19.1. The van der Waals surface area contributed by atoms with Crippen molar-refractivity contribution < 1.29 is 9.13 Å². The fourth-order valence-electron chi connectivity index (χ4n) is 1.84.